The van der Waals surface area contributed by atoms with Gasteiger partial charge in [0.05, 0.1) is 0 Å². The van der Waals surface area contributed by atoms with Crippen molar-refractivity contribution in [3.63, 3.8) is 0 Å². The summed E-state index contributed by atoms with van der Waals surface area (Å²) in [7, 11) is 0. The van der Waals surface area contributed by atoms with E-state index in [1.165, 1.54) is 25.7 Å². The van der Waals surface area contributed by atoms with Gasteiger partial charge in [-0.25, -0.2) is 0 Å². The Hall–Kier alpha value is -2.04. The molecule has 21 heavy (non-hydrogen) atoms. The summed E-state index contributed by atoms with van der Waals surface area (Å²) in [6.07, 6.45) is 4.93. The minimum atomic E-state index is -0.476. The first-order valence-corrected chi connectivity index (χ1v) is 7.45. The number of ether oxygens (including phenoxy) is 1. The van der Waals surface area contributed by atoms with E-state index in [-0.39, 0.29) is 12.5 Å². The van der Waals surface area contributed by atoms with Gasteiger partial charge in [0.25, 0.3) is 5.91 Å². The highest BCUT2D eigenvalue weighted by Crippen LogP contribution is 2.44. The maximum absolute atomic E-state index is 12.0. The van der Waals surface area contributed by atoms with Gasteiger partial charge in [0, 0.05) is 11.6 Å². The lowest BCUT2D eigenvalue weighted by molar-refractivity contribution is -0.124. The molecule has 0 heterocycles. The molecule has 2 amide bonds. The standard InChI is InChI=1S/C16H20N2O3/c17-16(20)12-5-7-13(8-6-12)21-9-14(19)18-15(10-1-2-10)11-3-4-11/h5-8,10-11,15H,1-4,9H2,(H2,17,20)(H,18,19). The molecule has 0 radical (unpaired) electrons. The lowest BCUT2D eigenvalue weighted by Gasteiger charge is -2.17. The molecule has 0 spiro atoms. The quantitative estimate of drug-likeness (QED) is 0.797. The van der Waals surface area contributed by atoms with Gasteiger partial charge in [-0.1, -0.05) is 0 Å². The fourth-order valence-corrected chi connectivity index (χ4v) is 2.62. The largest absolute Gasteiger partial charge is 0.484 e. The topological polar surface area (TPSA) is 81.4 Å². The third kappa shape index (κ3) is 3.74. The van der Waals surface area contributed by atoms with Crippen LogP contribution < -0.4 is 15.8 Å². The van der Waals surface area contributed by atoms with Gasteiger partial charge in [0.15, 0.2) is 6.61 Å². The fourth-order valence-electron chi connectivity index (χ4n) is 2.62. The number of rotatable bonds is 7. The van der Waals surface area contributed by atoms with E-state index in [2.05, 4.69) is 5.32 Å². The second-order valence-corrected chi connectivity index (χ2v) is 5.95. The summed E-state index contributed by atoms with van der Waals surface area (Å²) < 4.78 is 5.44. The van der Waals surface area contributed by atoms with Gasteiger partial charge in [0.2, 0.25) is 5.91 Å². The molecule has 1 aromatic carbocycles. The van der Waals surface area contributed by atoms with Gasteiger partial charge in [0.1, 0.15) is 5.75 Å². The predicted molar refractivity (Wildman–Crippen MR) is 77.8 cm³/mol. The van der Waals surface area contributed by atoms with Crippen LogP contribution in [0.3, 0.4) is 0 Å². The highest BCUT2D eigenvalue weighted by Gasteiger charge is 2.42. The van der Waals surface area contributed by atoms with Crippen LogP contribution in [0.2, 0.25) is 0 Å². The van der Waals surface area contributed by atoms with Crippen molar-refractivity contribution in [3.8, 4) is 5.75 Å². The molecule has 3 N–H and O–H groups in total. The van der Waals surface area contributed by atoms with Crippen LogP contribution in [0.4, 0.5) is 0 Å². The van der Waals surface area contributed by atoms with E-state index in [1.54, 1.807) is 24.3 Å². The summed E-state index contributed by atoms with van der Waals surface area (Å²) >= 11 is 0. The predicted octanol–water partition coefficient (Wildman–Crippen LogP) is 1.47. The average molecular weight is 288 g/mol. The first-order chi connectivity index (χ1) is 10.1. The molecule has 2 saturated carbocycles. The van der Waals surface area contributed by atoms with E-state index >= 15 is 0 Å². The summed E-state index contributed by atoms with van der Waals surface area (Å²) in [6, 6.07) is 6.82. The highest BCUT2D eigenvalue weighted by molar-refractivity contribution is 5.92. The van der Waals surface area contributed by atoms with E-state index in [1.807, 2.05) is 0 Å². The monoisotopic (exact) mass is 288 g/mol. The van der Waals surface area contributed by atoms with Gasteiger partial charge in [-0.2, -0.15) is 0 Å². The van der Waals surface area contributed by atoms with E-state index < -0.39 is 5.91 Å². The maximum atomic E-state index is 12.0. The number of hydrogen-bond acceptors (Lipinski definition) is 3. The lowest BCUT2D eigenvalue weighted by atomic mass is 10.1. The van der Waals surface area contributed by atoms with E-state index in [9.17, 15) is 9.59 Å². The Morgan fingerprint density at radius 2 is 1.71 bits per heavy atom. The Labute approximate surface area is 123 Å². The average Bonchev–Trinajstić information content (AvgIpc) is 3.36. The molecule has 2 aliphatic rings. The zero-order chi connectivity index (χ0) is 14.8. The maximum Gasteiger partial charge on any atom is 0.258 e. The fraction of sp³-hybridized carbons (Fsp3) is 0.500. The number of benzene rings is 1. The van der Waals surface area contributed by atoms with Crippen molar-refractivity contribution in [2.75, 3.05) is 6.61 Å². The van der Waals surface area contributed by atoms with Crippen molar-refractivity contribution in [2.24, 2.45) is 17.6 Å². The highest BCUT2D eigenvalue weighted by atomic mass is 16.5. The molecule has 1 aromatic rings. The first kappa shape index (κ1) is 13.9. The summed E-state index contributed by atoms with van der Waals surface area (Å²) in [5.41, 5.74) is 5.59. The number of carbonyl (C=O) groups excluding carboxylic acids is 2. The number of nitrogens with one attached hydrogen (secondary N) is 1. The summed E-state index contributed by atoms with van der Waals surface area (Å²) in [5, 5.41) is 3.10. The summed E-state index contributed by atoms with van der Waals surface area (Å²) in [4.78, 5) is 22.9. The Morgan fingerprint density at radius 3 is 2.19 bits per heavy atom. The van der Waals surface area contributed by atoms with Crippen molar-refractivity contribution >= 4 is 11.8 Å². The second kappa shape index (κ2) is 5.76. The van der Waals surface area contributed by atoms with Gasteiger partial charge in [-0.15, -0.1) is 0 Å². The molecule has 3 rings (SSSR count). The molecule has 0 saturated heterocycles. The normalized spacial score (nSPS) is 17.6. The van der Waals surface area contributed by atoms with Gasteiger partial charge < -0.3 is 15.8 Å². The van der Waals surface area contributed by atoms with Crippen molar-refractivity contribution in [1.82, 2.24) is 5.32 Å². The zero-order valence-electron chi connectivity index (χ0n) is 11.9. The molecular formula is C16H20N2O3. The third-order valence-electron chi connectivity index (χ3n) is 4.10. The van der Waals surface area contributed by atoms with Crippen molar-refractivity contribution in [3.05, 3.63) is 29.8 Å². The SMILES string of the molecule is NC(=O)c1ccc(OCC(=O)NC(C2CC2)C2CC2)cc1. The number of carbonyl (C=O) groups is 2. The van der Waals surface area contributed by atoms with E-state index in [0.29, 0.717) is 29.2 Å². The Bertz CT molecular complexity index is 521. The van der Waals surface area contributed by atoms with Crippen LogP contribution in [0.5, 0.6) is 5.75 Å². The number of primary amides is 1. The van der Waals surface area contributed by atoms with Crippen LogP contribution in [-0.2, 0) is 4.79 Å². The van der Waals surface area contributed by atoms with Gasteiger partial charge in [-0.05, 0) is 61.8 Å². The van der Waals surface area contributed by atoms with Crippen molar-refractivity contribution in [1.29, 1.82) is 0 Å². The van der Waals surface area contributed by atoms with Crippen LogP contribution in [0.1, 0.15) is 36.0 Å². The van der Waals surface area contributed by atoms with Crippen LogP contribution in [-0.4, -0.2) is 24.5 Å². The number of nitrogens with two attached hydrogens (primary N) is 1. The van der Waals surface area contributed by atoms with Gasteiger partial charge >= 0.3 is 0 Å². The van der Waals surface area contributed by atoms with Crippen LogP contribution in [0.25, 0.3) is 0 Å². The Kier molecular flexibility index (Phi) is 3.82. The third-order valence-corrected chi connectivity index (χ3v) is 4.10. The van der Waals surface area contributed by atoms with Crippen LogP contribution in [0, 0.1) is 11.8 Å². The molecular weight excluding hydrogens is 268 g/mol. The number of amides is 2. The summed E-state index contributed by atoms with van der Waals surface area (Å²) in [5.74, 6) is 1.37. The molecule has 5 nitrogen and oxygen atoms in total. The Balaban J connectivity index is 1.47. The van der Waals surface area contributed by atoms with Crippen molar-refractivity contribution in [2.45, 2.75) is 31.7 Å². The van der Waals surface area contributed by atoms with Gasteiger partial charge in [-0.3, -0.25) is 9.59 Å². The van der Waals surface area contributed by atoms with E-state index in [4.69, 9.17) is 10.5 Å². The van der Waals surface area contributed by atoms with Crippen molar-refractivity contribution < 1.29 is 14.3 Å². The molecule has 0 unspecified atom stereocenters. The summed E-state index contributed by atoms with van der Waals surface area (Å²) in [6.45, 7) is 0.00581. The molecule has 0 atom stereocenters. The second-order valence-electron chi connectivity index (χ2n) is 5.95. The molecule has 2 aliphatic carbocycles. The minimum Gasteiger partial charge on any atom is -0.484 e. The van der Waals surface area contributed by atoms with Crippen LogP contribution in [0.15, 0.2) is 24.3 Å². The molecule has 0 aliphatic heterocycles. The minimum absolute atomic E-state index is 0.00581. The molecule has 0 aromatic heterocycles. The molecule has 0 bridgehead atoms. The van der Waals surface area contributed by atoms with E-state index in [0.717, 1.165) is 0 Å². The zero-order valence-corrected chi connectivity index (χ0v) is 11.9. The van der Waals surface area contributed by atoms with Crippen LogP contribution >= 0.6 is 0 Å². The smallest absolute Gasteiger partial charge is 0.258 e. The lowest BCUT2D eigenvalue weighted by Crippen LogP contribution is -2.40. The Morgan fingerprint density at radius 1 is 1.14 bits per heavy atom. The molecule has 2 fully saturated rings. The first-order valence-electron chi connectivity index (χ1n) is 7.45. The number of hydrogen-bond donors (Lipinski definition) is 2. The molecule has 112 valence electrons. The molecule has 5 heteroatoms.